The highest BCUT2D eigenvalue weighted by Gasteiger charge is 2.28. The third-order valence-electron chi connectivity index (χ3n) is 6.09. The summed E-state index contributed by atoms with van der Waals surface area (Å²) in [5.41, 5.74) is 4.61. The topological polar surface area (TPSA) is 45.3 Å². The van der Waals surface area contributed by atoms with Crippen LogP contribution in [0.3, 0.4) is 0 Å². The normalized spacial score (nSPS) is 14.9. The highest BCUT2D eigenvalue weighted by molar-refractivity contribution is 7.12. The third-order valence-corrected chi connectivity index (χ3v) is 6.99. The predicted octanol–water partition coefficient (Wildman–Crippen LogP) is 5.92. The molecule has 2 aromatic carbocycles. The number of hydrogen-bond acceptors (Lipinski definition) is 3. The van der Waals surface area contributed by atoms with Gasteiger partial charge in [0.1, 0.15) is 5.75 Å². The monoisotopic (exact) mass is 416 g/mol. The molecular formula is C25H24N2O2S. The number of amides is 1. The third kappa shape index (κ3) is 3.39. The first-order chi connectivity index (χ1) is 14.7. The van der Waals surface area contributed by atoms with E-state index in [0.717, 1.165) is 53.2 Å². The number of piperidine rings is 1. The fourth-order valence-corrected chi connectivity index (χ4v) is 5.33. The average molecular weight is 417 g/mol. The van der Waals surface area contributed by atoms with Crippen molar-refractivity contribution >= 4 is 28.1 Å². The summed E-state index contributed by atoms with van der Waals surface area (Å²) in [6.45, 7) is 1.57. The number of benzene rings is 2. The zero-order chi connectivity index (χ0) is 20.5. The largest absolute Gasteiger partial charge is 0.497 e. The van der Waals surface area contributed by atoms with Crippen LogP contribution in [0.5, 0.6) is 5.75 Å². The fraction of sp³-hybridized carbons (Fsp3) is 0.240. The standard InChI is InChI=1S/C25H24N2O2S/c1-29-19-7-8-23-21(15-19)22(16-26-23)18-9-12-27(13-10-18)25(28)24-20(11-14-30-24)17-5-3-2-4-6-17/h2-8,11,14-16,18,26H,9-10,12-13H2,1H3. The molecule has 152 valence electrons. The summed E-state index contributed by atoms with van der Waals surface area (Å²) in [6, 6.07) is 18.4. The van der Waals surface area contributed by atoms with Crippen LogP contribution in [-0.2, 0) is 0 Å². The number of aromatic amines is 1. The van der Waals surface area contributed by atoms with E-state index in [1.807, 2.05) is 34.5 Å². The van der Waals surface area contributed by atoms with E-state index in [1.54, 1.807) is 18.4 Å². The molecule has 1 N–H and O–H groups in total. The summed E-state index contributed by atoms with van der Waals surface area (Å²) in [5.74, 6) is 1.48. The Bertz CT molecular complexity index is 1170. The highest BCUT2D eigenvalue weighted by Crippen LogP contribution is 2.36. The molecular weight excluding hydrogens is 392 g/mol. The number of fused-ring (bicyclic) bond motifs is 1. The Kier molecular flexibility index (Phi) is 5.05. The van der Waals surface area contributed by atoms with Gasteiger partial charge in [-0.3, -0.25) is 4.79 Å². The van der Waals surface area contributed by atoms with E-state index in [1.165, 1.54) is 10.9 Å². The molecule has 4 nitrogen and oxygen atoms in total. The van der Waals surface area contributed by atoms with Gasteiger partial charge < -0.3 is 14.6 Å². The van der Waals surface area contributed by atoms with Gasteiger partial charge in [0.25, 0.3) is 5.91 Å². The van der Waals surface area contributed by atoms with Gasteiger partial charge in [0.15, 0.2) is 0 Å². The lowest BCUT2D eigenvalue weighted by Gasteiger charge is -2.32. The minimum atomic E-state index is 0.155. The number of carbonyl (C=O) groups excluding carboxylic acids is 1. The minimum absolute atomic E-state index is 0.155. The number of hydrogen-bond donors (Lipinski definition) is 1. The lowest BCUT2D eigenvalue weighted by atomic mass is 9.89. The molecule has 1 saturated heterocycles. The molecule has 2 aromatic heterocycles. The van der Waals surface area contributed by atoms with Crippen molar-refractivity contribution in [1.29, 1.82) is 0 Å². The molecule has 1 fully saturated rings. The van der Waals surface area contributed by atoms with Gasteiger partial charge in [-0.05, 0) is 59.5 Å². The summed E-state index contributed by atoms with van der Waals surface area (Å²) in [6.07, 6.45) is 4.07. The van der Waals surface area contributed by atoms with Crippen molar-refractivity contribution in [3.63, 3.8) is 0 Å². The molecule has 0 atom stereocenters. The Morgan fingerprint density at radius 1 is 1.10 bits per heavy atom. The van der Waals surface area contributed by atoms with Crippen LogP contribution in [-0.4, -0.2) is 36.0 Å². The lowest BCUT2D eigenvalue weighted by molar-refractivity contribution is 0.0719. The van der Waals surface area contributed by atoms with Gasteiger partial charge in [0.05, 0.1) is 12.0 Å². The van der Waals surface area contributed by atoms with Crippen molar-refractivity contribution in [3.05, 3.63) is 76.6 Å². The van der Waals surface area contributed by atoms with Crippen LogP contribution in [0.2, 0.25) is 0 Å². The minimum Gasteiger partial charge on any atom is -0.497 e. The van der Waals surface area contributed by atoms with E-state index in [-0.39, 0.29) is 5.91 Å². The van der Waals surface area contributed by atoms with Crippen LogP contribution in [0, 0.1) is 0 Å². The smallest absolute Gasteiger partial charge is 0.264 e. The van der Waals surface area contributed by atoms with Crippen molar-refractivity contribution < 1.29 is 9.53 Å². The van der Waals surface area contributed by atoms with E-state index < -0.39 is 0 Å². The quantitative estimate of drug-likeness (QED) is 0.448. The number of nitrogens with one attached hydrogen (secondary N) is 1. The van der Waals surface area contributed by atoms with Crippen LogP contribution in [0.25, 0.3) is 22.0 Å². The molecule has 1 aliphatic rings. The first-order valence-corrected chi connectivity index (χ1v) is 11.2. The summed E-state index contributed by atoms with van der Waals surface area (Å²) < 4.78 is 5.41. The summed E-state index contributed by atoms with van der Waals surface area (Å²) in [7, 11) is 1.70. The van der Waals surface area contributed by atoms with Gasteiger partial charge in [-0.2, -0.15) is 0 Å². The van der Waals surface area contributed by atoms with Gasteiger partial charge in [-0.15, -0.1) is 11.3 Å². The van der Waals surface area contributed by atoms with Gasteiger partial charge in [0.2, 0.25) is 0 Å². The first kappa shape index (κ1) is 18.9. The molecule has 0 radical (unpaired) electrons. The van der Waals surface area contributed by atoms with Crippen molar-refractivity contribution in [3.8, 4) is 16.9 Å². The number of ether oxygens (including phenoxy) is 1. The second-order valence-corrected chi connectivity index (χ2v) is 8.67. The Hall–Kier alpha value is -3.05. The van der Waals surface area contributed by atoms with Gasteiger partial charge in [-0.25, -0.2) is 0 Å². The van der Waals surface area contributed by atoms with E-state index in [2.05, 4.69) is 41.5 Å². The van der Waals surface area contributed by atoms with Gasteiger partial charge in [-0.1, -0.05) is 30.3 Å². The average Bonchev–Trinajstić information content (AvgIpc) is 3.46. The Labute approximate surface area is 180 Å². The number of methoxy groups -OCH3 is 1. The summed E-state index contributed by atoms with van der Waals surface area (Å²) >= 11 is 1.54. The number of rotatable bonds is 4. The number of thiophene rings is 1. The molecule has 0 aliphatic carbocycles. The van der Waals surface area contributed by atoms with E-state index in [9.17, 15) is 4.79 Å². The molecule has 1 amide bonds. The van der Waals surface area contributed by atoms with E-state index >= 15 is 0 Å². The Morgan fingerprint density at radius 2 is 1.90 bits per heavy atom. The molecule has 0 unspecified atom stereocenters. The second-order valence-electron chi connectivity index (χ2n) is 7.75. The first-order valence-electron chi connectivity index (χ1n) is 10.3. The van der Waals surface area contributed by atoms with Crippen molar-refractivity contribution in [2.24, 2.45) is 0 Å². The summed E-state index contributed by atoms with van der Waals surface area (Å²) in [4.78, 5) is 19.5. The molecule has 1 aliphatic heterocycles. The fourth-order valence-electron chi connectivity index (χ4n) is 4.44. The van der Waals surface area contributed by atoms with Crippen LogP contribution in [0.4, 0.5) is 0 Å². The Balaban J connectivity index is 1.32. The van der Waals surface area contributed by atoms with Crippen LogP contribution in [0.1, 0.15) is 34.0 Å². The highest BCUT2D eigenvalue weighted by atomic mass is 32.1. The van der Waals surface area contributed by atoms with Crippen molar-refractivity contribution in [2.75, 3.05) is 20.2 Å². The number of likely N-dealkylation sites (tertiary alicyclic amines) is 1. The van der Waals surface area contributed by atoms with Gasteiger partial charge >= 0.3 is 0 Å². The van der Waals surface area contributed by atoms with Crippen molar-refractivity contribution in [1.82, 2.24) is 9.88 Å². The molecule has 0 saturated carbocycles. The molecule has 30 heavy (non-hydrogen) atoms. The second kappa shape index (κ2) is 8.00. The number of carbonyl (C=O) groups is 1. The van der Waals surface area contributed by atoms with Crippen LogP contribution >= 0.6 is 11.3 Å². The van der Waals surface area contributed by atoms with Gasteiger partial charge in [0, 0.05) is 35.8 Å². The molecule has 5 heteroatoms. The van der Waals surface area contributed by atoms with Crippen LogP contribution in [0.15, 0.2) is 66.2 Å². The van der Waals surface area contributed by atoms with Crippen molar-refractivity contribution in [2.45, 2.75) is 18.8 Å². The molecule has 5 rings (SSSR count). The molecule has 0 bridgehead atoms. The zero-order valence-corrected chi connectivity index (χ0v) is 17.7. The SMILES string of the molecule is COc1ccc2[nH]cc(C3CCN(C(=O)c4sccc4-c4ccccc4)CC3)c2c1. The molecule has 0 spiro atoms. The molecule has 3 heterocycles. The maximum Gasteiger partial charge on any atom is 0.264 e. The lowest BCUT2D eigenvalue weighted by Crippen LogP contribution is -2.37. The molecule has 4 aromatic rings. The number of nitrogens with zero attached hydrogens (tertiary/aromatic N) is 1. The Morgan fingerprint density at radius 3 is 2.67 bits per heavy atom. The van der Waals surface area contributed by atoms with Crippen LogP contribution < -0.4 is 4.74 Å². The predicted molar refractivity (Wildman–Crippen MR) is 122 cm³/mol. The maximum absolute atomic E-state index is 13.3. The van der Waals surface area contributed by atoms with E-state index in [4.69, 9.17) is 4.74 Å². The maximum atomic E-state index is 13.3. The van der Waals surface area contributed by atoms with E-state index in [0.29, 0.717) is 5.92 Å². The zero-order valence-electron chi connectivity index (χ0n) is 16.9. The number of H-pyrrole nitrogens is 1. The number of aromatic nitrogens is 1. The summed E-state index contributed by atoms with van der Waals surface area (Å²) in [5, 5.41) is 3.24.